The molecule has 1 aromatic carbocycles. The minimum atomic E-state index is -0.257. The number of benzene rings is 1. The molecule has 1 aromatic heterocycles. The number of likely N-dealkylation sites (tertiary alicyclic amines) is 1. The van der Waals surface area contributed by atoms with Crippen LogP contribution in [0.5, 0.6) is 0 Å². The molecule has 2 N–H and O–H groups in total. The maximum absolute atomic E-state index is 12.3. The highest BCUT2D eigenvalue weighted by Gasteiger charge is 2.25. The smallest absolute Gasteiger partial charge is 0.410 e. The van der Waals surface area contributed by atoms with Gasteiger partial charge in [0.1, 0.15) is 6.61 Å². The number of rotatable bonds is 6. The number of carbonyl (C=O) groups excluding carboxylic acids is 2. The molecule has 7 nitrogen and oxygen atoms in total. The number of piperidine rings is 1. The van der Waals surface area contributed by atoms with Gasteiger partial charge < -0.3 is 15.0 Å². The molecular formula is C21H26N4O3. The van der Waals surface area contributed by atoms with Gasteiger partial charge in [-0.25, -0.2) is 4.79 Å². The maximum Gasteiger partial charge on any atom is 0.410 e. The summed E-state index contributed by atoms with van der Waals surface area (Å²) in [6, 6.07) is 8.39. The van der Waals surface area contributed by atoms with Crippen LogP contribution in [-0.2, 0) is 11.3 Å². The molecule has 0 bridgehead atoms. The second-order valence-corrected chi connectivity index (χ2v) is 7.70. The summed E-state index contributed by atoms with van der Waals surface area (Å²) < 4.78 is 5.47. The van der Waals surface area contributed by atoms with E-state index in [0.717, 1.165) is 24.3 Å². The fraction of sp³-hybridized carbons (Fsp3) is 0.476. The maximum atomic E-state index is 12.3. The molecule has 28 heavy (non-hydrogen) atoms. The van der Waals surface area contributed by atoms with Crippen molar-refractivity contribution in [2.24, 2.45) is 5.92 Å². The molecule has 1 aliphatic carbocycles. The van der Waals surface area contributed by atoms with Gasteiger partial charge in [0.2, 0.25) is 0 Å². The minimum absolute atomic E-state index is 0.122. The Morgan fingerprint density at radius 1 is 1.14 bits per heavy atom. The van der Waals surface area contributed by atoms with Gasteiger partial charge in [0.05, 0.1) is 11.8 Å². The molecule has 2 heterocycles. The van der Waals surface area contributed by atoms with E-state index < -0.39 is 0 Å². The van der Waals surface area contributed by atoms with Crippen molar-refractivity contribution in [3.05, 3.63) is 53.3 Å². The van der Waals surface area contributed by atoms with Gasteiger partial charge in [0.15, 0.2) is 0 Å². The largest absolute Gasteiger partial charge is 0.445 e. The zero-order valence-corrected chi connectivity index (χ0v) is 15.9. The molecule has 0 unspecified atom stereocenters. The van der Waals surface area contributed by atoms with E-state index in [4.69, 9.17) is 4.74 Å². The standard InChI is InChI=1S/C21H26N4O3/c26-20(19-12-23-24-13-19)22-11-15-7-9-25(10-8-15)21(27)28-14-16-1-3-17(4-2-16)18-5-6-18/h1-4,12-13,15,18H,5-11,14H2,(H,22,26)(H,23,24). The number of aromatic amines is 1. The van der Waals surface area contributed by atoms with Gasteiger partial charge >= 0.3 is 6.09 Å². The number of ether oxygens (including phenoxy) is 1. The van der Waals surface area contributed by atoms with E-state index >= 15 is 0 Å². The number of H-pyrrole nitrogens is 1. The molecule has 148 valence electrons. The molecule has 4 rings (SSSR count). The quantitative estimate of drug-likeness (QED) is 0.804. The predicted molar refractivity (Wildman–Crippen MR) is 104 cm³/mol. The Hall–Kier alpha value is -2.83. The average molecular weight is 382 g/mol. The Morgan fingerprint density at radius 3 is 2.54 bits per heavy atom. The summed E-state index contributed by atoms with van der Waals surface area (Å²) in [7, 11) is 0. The highest BCUT2D eigenvalue weighted by atomic mass is 16.6. The van der Waals surface area contributed by atoms with Crippen molar-refractivity contribution in [3.63, 3.8) is 0 Å². The molecule has 2 aromatic rings. The lowest BCUT2D eigenvalue weighted by Crippen LogP contribution is -2.41. The monoisotopic (exact) mass is 382 g/mol. The molecule has 0 spiro atoms. The van der Waals surface area contributed by atoms with Gasteiger partial charge in [-0.2, -0.15) is 5.10 Å². The van der Waals surface area contributed by atoms with Crippen molar-refractivity contribution in [1.82, 2.24) is 20.4 Å². The predicted octanol–water partition coefficient (Wildman–Crippen LogP) is 3.07. The van der Waals surface area contributed by atoms with Gasteiger partial charge in [-0.15, -0.1) is 0 Å². The first-order chi connectivity index (χ1) is 13.7. The van der Waals surface area contributed by atoms with Crippen molar-refractivity contribution in [3.8, 4) is 0 Å². The number of amides is 2. The molecule has 2 aliphatic rings. The van der Waals surface area contributed by atoms with E-state index in [-0.39, 0.29) is 12.0 Å². The number of hydrogen-bond donors (Lipinski definition) is 2. The summed E-state index contributed by atoms with van der Waals surface area (Å²) in [4.78, 5) is 26.0. The molecule has 1 aliphatic heterocycles. The zero-order chi connectivity index (χ0) is 19.3. The van der Waals surface area contributed by atoms with E-state index in [1.165, 1.54) is 24.6 Å². The van der Waals surface area contributed by atoms with Crippen LogP contribution in [0.4, 0.5) is 4.79 Å². The summed E-state index contributed by atoms with van der Waals surface area (Å²) >= 11 is 0. The second kappa shape index (κ2) is 8.46. The first kappa shape index (κ1) is 18.5. The molecular weight excluding hydrogens is 356 g/mol. The van der Waals surface area contributed by atoms with E-state index in [9.17, 15) is 9.59 Å². The molecule has 0 atom stereocenters. The first-order valence-electron chi connectivity index (χ1n) is 9.96. The fourth-order valence-corrected chi connectivity index (χ4v) is 3.57. The van der Waals surface area contributed by atoms with Crippen LogP contribution >= 0.6 is 0 Å². The highest BCUT2D eigenvalue weighted by molar-refractivity contribution is 5.93. The molecule has 2 amide bonds. The molecule has 1 saturated heterocycles. The Morgan fingerprint density at radius 2 is 1.89 bits per heavy atom. The highest BCUT2D eigenvalue weighted by Crippen LogP contribution is 2.39. The van der Waals surface area contributed by atoms with Crippen LogP contribution in [0.2, 0.25) is 0 Å². The third kappa shape index (κ3) is 4.71. The van der Waals surface area contributed by atoms with Gasteiger partial charge in [-0.05, 0) is 48.6 Å². The summed E-state index contributed by atoms with van der Waals surface area (Å²) in [5, 5.41) is 9.34. The van der Waals surface area contributed by atoms with Gasteiger partial charge in [-0.3, -0.25) is 9.89 Å². The van der Waals surface area contributed by atoms with Crippen molar-refractivity contribution in [2.75, 3.05) is 19.6 Å². The van der Waals surface area contributed by atoms with E-state index in [2.05, 4.69) is 39.8 Å². The van der Waals surface area contributed by atoms with Gasteiger partial charge in [0.25, 0.3) is 5.91 Å². The van der Waals surface area contributed by atoms with E-state index in [1.54, 1.807) is 11.1 Å². The zero-order valence-electron chi connectivity index (χ0n) is 15.9. The Balaban J connectivity index is 1.16. The second-order valence-electron chi connectivity index (χ2n) is 7.70. The van der Waals surface area contributed by atoms with Gasteiger partial charge in [-0.1, -0.05) is 24.3 Å². The lowest BCUT2D eigenvalue weighted by Gasteiger charge is -2.31. The number of nitrogens with zero attached hydrogens (tertiary/aromatic N) is 2. The number of hydrogen-bond acceptors (Lipinski definition) is 4. The van der Waals surface area contributed by atoms with E-state index in [0.29, 0.717) is 37.7 Å². The first-order valence-corrected chi connectivity index (χ1v) is 9.96. The number of aromatic nitrogens is 2. The Bertz CT molecular complexity index is 792. The van der Waals surface area contributed by atoms with Crippen LogP contribution in [0.3, 0.4) is 0 Å². The van der Waals surface area contributed by atoms with Crippen LogP contribution in [-0.4, -0.2) is 46.7 Å². The van der Waals surface area contributed by atoms with Crippen LogP contribution < -0.4 is 5.32 Å². The summed E-state index contributed by atoms with van der Waals surface area (Å²) in [6.45, 7) is 2.24. The molecule has 1 saturated carbocycles. The lowest BCUT2D eigenvalue weighted by molar-refractivity contribution is 0.0800. The molecule has 7 heteroatoms. The van der Waals surface area contributed by atoms with Crippen molar-refractivity contribution in [2.45, 2.75) is 38.2 Å². The fourth-order valence-electron chi connectivity index (χ4n) is 3.57. The van der Waals surface area contributed by atoms with Crippen molar-refractivity contribution >= 4 is 12.0 Å². The minimum Gasteiger partial charge on any atom is -0.445 e. The van der Waals surface area contributed by atoms with Gasteiger partial charge in [0, 0.05) is 25.8 Å². The number of carbonyl (C=O) groups is 2. The van der Waals surface area contributed by atoms with Crippen molar-refractivity contribution in [1.29, 1.82) is 0 Å². The molecule has 2 fully saturated rings. The Labute approximate surface area is 164 Å². The third-order valence-corrected chi connectivity index (χ3v) is 5.58. The summed E-state index contributed by atoms with van der Waals surface area (Å²) in [5.41, 5.74) is 2.94. The molecule has 0 radical (unpaired) electrons. The Kier molecular flexibility index (Phi) is 5.60. The summed E-state index contributed by atoms with van der Waals surface area (Å²) in [6.07, 6.45) is 7.12. The van der Waals surface area contributed by atoms with Crippen LogP contribution in [0.1, 0.15) is 53.1 Å². The van der Waals surface area contributed by atoms with E-state index in [1.807, 2.05) is 0 Å². The topological polar surface area (TPSA) is 87.3 Å². The van der Waals surface area contributed by atoms with Crippen molar-refractivity contribution < 1.29 is 14.3 Å². The third-order valence-electron chi connectivity index (χ3n) is 5.58. The average Bonchev–Trinajstić information content (AvgIpc) is 3.44. The van der Waals surface area contributed by atoms with Crippen LogP contribution in [0.15, 0.2) is 36.7 Å². The normalized spacial score (nSPS) is 17.4. The summed E-state index contributed by atoms with van der Waals surface area (Å²) in [5.74, 6) is 0.987. The SMILES string of the molecule is O=C(NCC1CCN(C(=O)OCc2ccc(C3CC3)cc2)CC1)c1cn[nH]c1. The lowest BCUT2D eigenvalue weighted by atomic mass is 9.97. The van der Waals surface area contributed by atoms with Crippen LogP contribution in [0.25, 0.3) is 0 Å². The number of nitrogens with one attached hydrogen (secondary N) is 2. The van der Waals surface area contributed by atoms with Crippen LogP contribution in [0, 0.1) is 5.92 Å².